The van der Waals surface area contributed by atoms with Crippen molar-refractivity contribution in [2.75, 3.05) is 46.9 Å². The number of nitrogens with zero attached hydrogens (tertiary/aromatic N) is 1. The second kappa shape index (κ2) is 16.5. The van der Waals surface area contributed by atoms with Crippen LogP contribution in [0.3, 0.4) is 0 Å². The average molecular weight is 488 g/mol. The normalized spacial score (nSPS) is 16.3. The average Bonchev–Trinajstić information content (AvgIpc) is 2.90. The van der Waals surface area contributed by atoms with Crippen LogP contribution in [-0.2, 0) is 23.7 Å². The molecule has 2 rings (SSSR count). The molecule has 0 saturated heterocycles. The van der Waals surface area contributed by atoms with E-state index >= 15 is 0 Å². The van der Waals surface area contributed by atoms with Crippen LogP contribution in [0.25, 0.3) is 0 Å². The molecule has 10 nitrogen and oxygen atoms in total. The number of carbonyl (C=O) groups excluding carboxylic acids is 2. The number of methoxy groups -OCH3 is 1. The summed E-state index contributed by atoms with van der Waals surface area (Å²) in [6.07, 6.45) is 9.03. The van der Waals surface area contributed by atoms with Gasteiger partial charge in [-0.25, -0.2) is 5.48 Å². The molecule has 0 aliphatic heterocycles. The van der Waals surface area contributed by atoms with Gasteiger partial charge in [0.1, 0.15) is 6.79 Å². The molecule has 10 heteroatoms. The van der Waals surface area contributed by atoms with Gasteiger partial charge in [-0.15, -0.1) is 0 Å². The van der Waals surface area contributed by atoms with Crippen molar-refractivity contribution in [1.82, 2.24) is 10.8 Å². The zero-order valence-electron chi connectivity index (χ0n) is 19.9. The van der Waals surface area contributed by atoms with Crippen LogP contribution in [0.2, 0.25) is 0 Å². The molecule has 1 aliphatic rings. The monoisotopic (exact) mass is 487 g/mol. The lowest BCUT2D eigenvalue weighted by atomic mass is 9.99. The zero-order chi connectivity index (χ0) is 25.3. The zero-order valence-corrected chi connectivity index (χ0v) is 19.9. The lowest BCUT2D eigenvalue weighted by Gasteiger charge is -2.24. The van der Waals surface area contributed by atoms with Crippen molar-refractivity contribution in [3.63, 3.8) is 0 Å². The smallest absolute Gasteiger partial charge is 0.251 e. The molecule has 0 heterocycles. The van der Waals surface area contributed by atoms with E-state index < -0.39 is 17.9 Å². The second-order valence-corrected chi connectivity index (χ2v) is 8.00. The van der Waals surface area contributed by atoms with Crippen molar-refractivity contribution < 1.29 is 33.7 Å². The van der Waals surface area contributed by atoms with Gasteiger partial charge >= 0.3 is 0 Å². The van der Waals surface area contributed by atoms with Crippen LogP contribution < -0.4 is 10.8 Å². The lowest BCUT2D eigenvalue weighted by molar-refractivity contribution is -0.136. The summed E-state index contributed by atoms with van der Waals surface area (Å²) in [4.78, 5) is 25.1. The van der Waals surface area contributed by atoms with Gasteiger partial charge in [0.25, 0.3) is 5.91 Å². The van der Waals surface area contributed by atoms with Gasteiger partial charge in [-0.05, 0) is 37.1 Å². The van der Waals surface area contributed by atoms with Crippen molar-refractivity contribution in [2.45, 2.75) is 18.9 Å². The Hall–Kier alpha value is -3.07. The van der Waals surface area contributed by atoms with Crippen LogP contribution in [0.5, 0.6) is 0 Å². The first-order chi connectivity index (χ1) is 17.1. The number of nitrogens with one attached hydrogen (secondary N) is 2. The SMILES string of the molecule is COCCOCOC[C@H](C[C@H](COCC1C=CC=CC1)C(=O)NO)NC(=O)c1ccc(C#N)cc1. The van der Waals surface area contributed by atoms with E-state index in [1.165, 1.54) is 0 Å². The van der Waals surface area contributed by atoms with Crippen molar-refractivity contribution in [3.05, 3.63) is 59.7 Å². The topological polar surface area (TPSA) is 139 Å². The fourth-order valence-corrected chi connectivity index (χ4v) is 3.39. The summed E-state index contributed by atoms with van der Waals surface area (Å²) < 4.78 is 21.5. The van der Waals surface area contributed by atoms with E-state index in [1.54, 1.807) is 36.9 Å². The summed E-state index contributed by atoms with van der Waals surface area (Å²) in [5.41, 5.74) is 2.48. The number of carbonyl (C=O) groups is 2. The Morgan fingerprint density at radius 3 is 2.60 bits per heavy atom. The fourth-order valence-electron chi connectivity index (χ4n) is 3.39. The number of hydroxylamine groups is 1. The van der Waals surface area contributed by atoms with Crippen molar-refractivity contribution >= 4 is 11.8 Å². The number of hydrogen-bond donors (Lipinski definition) is 3. The lowest BCUT2D eigenvalue weighted by Crippen LogP contribution is -2.43. The largest absolute Gasteiger partial charge is 0.382 e. The molecule has 1 aromatic carbocycles. The number of rotatable bonds is 16. The quantitative estimate of drug-likeness (QED) is 0.139. The first-order valence-electron chi connectivity index (χ1n) is 11.4. The van der Waals surface area contributed by atoms with Gasteiger partial charge in [0.15, 0.2) is 0 Å². The minimum absolute atomic E-state index is 0.0124. The summed E-state index contributed by atoms with van der Waals surface area (Å²) in [6.45, 7) is 1.33. The Bertz CT molecular complexity index is 880. The number of benzene rings is 1. The minimum Gasteiger partial charge on any atom is -0.382 e. The standard InChI is InChI=1S/C25H33N3O7/c1-32-11-12-33-18-35-17-23(27-24(29)21-9-7-19(14-26)8-10-21)13-22(25(30)28-31)16-34-15-20-5-3-2-4-6-20/h2-5,7-10,20,22-23,31H,6,11-13,15-18H2,1H3,(H,27,29)(H,28,30)/t20?,22-,23+/m1/s1. The summed E-state index contributed by atoms with van der Waals surface area (Å²) in [5, 5.41) is 21.0. The van der Waals surface area contributed by atoms with E-state index in [-0.39, 0.29) is 38.3 Å². The van der Waals surface area contributed by atoms with Crippen LogP contribution in [0.4, 0.5) is 0 Å². The minimum atomic E-state index is -0.729. The van der Waals surface area contributed by atoms with Crippen LogP contribution in [0.15, 0.2) is 48.6 Å². The van der Waals surface area contributed by atoms with Crippen molar-refractivity contribution in [3.8, 4) is 6.07 Å². The first-order valence-corrected chi connectivity index (χ1v) is 11.4. The van der Waals surface area contributed by atoms with Crippen LogP contribution >= 0.6 is 0 Å². The van der Waals surface area contributed by atoms with Gasteiger partial charge < -0.3 is 24.3 Å². The van der Waals surface area contributed by atoms with Crippen molar-refractivity contribution in [1.29, 1.82) is 5.26 Å². The molecule has 35 heavy (non-hydrogen) atoms. The first kappa shape index (κ1) is 28.2. The third-order valence-electron chi connectivity index (χ3n) is 5.30. The Kier molecular flexibility index (Phi) is 13.3. The number of ether oxygens (including phenoxy) is 4. The molecule has 3 N–H and O–H groups in total. The highest BCUT2D eigenvalue weighted by Gasteiger charge is 2.25. The highest BCUT2D eigenvalue weighted by atomic mass is 16.7. The number of nitriles is 1. The Labute approximate surface area is 205 Å². The van der Waals surface area contributed by atoms with Gasteiger partial charge in [0.05, 0.1) is 56.6 Å². The summed E-state index contributed by atoms with van der Waals surface area (Å²) in [7, 11) is 1.56. The molecule has 1 aliphatic carbocycles. The van der Waals surface area contributed by atoms with E-state index in [0.29, 0.717) is 30.9 Å². The summed E-state index contributed by atoms with van der Waals surface area (Å²) >= 11 is 0. The van der Waals surface area contributed by atoms with E-state index in [4.69, 9.17) is 24.2 Å². The Morgan fingerprint density at radius 1 is 1.14 bits per heavy atom. The molecule has 3 atom stereocenters. The molecule has 0 aromatic heterocycles. The molecular weight excluding hydrogens is 454 g/mol. The molecule has 0 spiro atoms. The number of allylic oxidation sites excluding steroid dienone is 3. The fraction of sp³-hybridized carbons (Fsp3) is 0.480. The van der Waals surface area contributed by atoms with Crippen molar-refractivity contribution in [2.24, 2.45) is 11.8 Å². The summed E-state index contributed by atoms with van der Waals surface area (Å²) in [5.74, 6) is -1.51. The van der Waals surface area contributed by atoms with E-state index in [9.17, 15) is 14.8 Å². The van der Waals surface area contributed by atoms with Gasteiger partial charge in [-0.2, -0.15) is 5.26 Å². The third kappa shape index (κ3) is 10.8. The predicted octanol–water partition coefficient (Wildman–Crippen LogP) is 1.95. The number of hydrogen-bond acceptors (Lipinski definition) is 8. The molecule has 2 amide bonds. The Morgan fingerprint density at radius 2 is 1.94 bits per heavy atom. The molecule has 0 radical (unpaired) electrons. The maximum absolute atomic E-state index is 12.8. The van der Waals surface area contributed by atoms with Gasteiger partial charge in [-0.1, -0.05) is 24.3 Å². The third-order valence-corrected chi connectivity index (χ3v) is 5.30. The van der Waals surface area contributed by atoms with Crippen LogP contribution in [0.1, 0.15) is 28.8 Å². The summed E-state index contributed by atoms with van der Waals surface area (Å²) in [6, 6.07) is 7.63. The molecular formula is C25H33N3O7. The highest BCUT2D eigenvalue weighted by molar-refractivity contribution is 5.94. The molecule has 1 aromatic rings. The van der Waals surface area contributed by atoms with Crippen LogP contribution in [-0.4, -0.2) is 70.0 Å². The molecule has 0 bridgehead atoms. The second-order valence-electron chi connectivity index (χ2n) is 8.00. The van der Waals surface area contributed by atoms with Gasteiger partial charge in [0.2, 0.25) is 5.91 Å². The number of amides is 2. The van der Waals surface area contributed by atoms with E-state index in [0.717, 1.165) is 6.42 Å². The van der Waals surface area contributed by atoms with Crippen LogP contribution in [0, 0.1) is 23.2 Å². The van der Waals surface area contributed by atoms with Gasteiger partial charge in [0, 0.05) is 18.6 Å². The van der Waals surface area contributed by atoms with E-state index in [1.807, 2.05) is 30.4 Å². The molecule has 0 fully saturated rings. The van der Waals surface area contributed by atoms with Gasteiger partial charge in [-0.3, -0.25) is 14.8 Å². The molecule has 1 unspecified atom stereocenters. The molecule has 190 valence electrons. The van der Waals surface area contributed by atoms with E-state index in [2.05, 4.69) is 5.32 Å². The maximum Gasteiger partial charge on any atom is 0.251 e. The highest BCUT2D eigenvalue weighted by Crippen LogP contribution is 2.15. The molecule has 0 saturated carbocycles. The maximum atomic E-state index is 12.8. The predicted molar refractivity (Wildman–Crippen MR) is 126 cm³/mol. The Balaban J connectivity index is 1.98.